The van der Waals surface area contributed by atoms with E-state index in [1.54, 1.807) is 12.1 Å². The number of carbonyl (C=O) groups excluding carboxylic acids is 2. The molecule has 0 saturated carbocycles. The minimum Gasteiger partial charge on any atom is -0.348 e. The predicted octanol–water partition coefficient (Wildman–Crippen LogP) is 1.67. The SMILES string of the molecule is CC(C)(C)C(CN)NC(=O)c1ccc2c(c1)CCC(=O)N2. The summed E-state index contributed by atoms with van der Waals surface area (Å²) in [6.07, 6.45) is 1.13. The van der Waals surface area contributed by atoms with Crippen molar-refractivity contribution in [3.05, 3.63) is 29.3 Å². The van der Waals surface area contributed by atoms with Gasteiger partial charge in [-0.15, -0.1) is 0 Å². The molecule has 2 rings (SSSR count). The Labute approximate surface area is 125 Å². The van der Waals surface area contributed by atoms with E-state index in [2.05, 4.69) is 10.6 Å². The molecule has 0 bridgehead atoms. The van der Waals surface area contributed by atoms with E-state index in [0.29, 0.717) is 24.9 Å². The summed E-state index contributed by atoms with van der Waals surface area (Å²) in [7, 11) is 0. The molecular weight excluding hydrogens is 266 g/mol. The van der Waals surface area contributed by atoms with E-state index in [0.717, 1.165) is 11.3 Å². The van der Waals surface area contributed by atoms with Gasteiger partial charge in [0, 0.05) is 30.3 Å². The summed E-state index contributed by atoms with van der Waals surface area (Å²) in [6.45, 7) is 6.55. The Bertz CT molecular complexity index is 561. The Morgan fingerprint density at radius 1 is 1.38 bits per heavy atom. The van der Waals surface area contributed by atoms with Gasteiger partial charge in [0.25, 0.3) is 5.91 Å². The molecule has 1 atom stereocenters. The van der Waals surface area contributed by atoms with Gasteiger partial charge in [-0.05, 0) is 35.6 Å². The number of amides is 2. The average molecular weight is 289 g/mol. The maximum Gasteiger partial charge on any atom is 0.251 e. The molecule has 0 radical (unpaired) electrons. The number of benzene rings is 1. The van der Waals surface area contributed by atoms with Crippen molar-refractivity contribution in [3.8, 4) is 0 Å². The van der Waals surface area contributed by atoms with Gasteiger partial charge in [-0.25, -0.2) is 0 Å². The zero-order valence-electron chi connectivity index (χ0n) is 12.8. The van der Waals surface area contributed by atoms with Crippen LogP contribution in [0.25, 0.3) is 0 Å². The van der Waals surface area contributed by atoms with Crippen LogP contribution in [0.15, 0.2) is 18.2 Å². The first-order chi connectivity index (χ1) is 9.81. The Hall–Kier alpha value is -1.88. The van der Waals surface area contributed by atoms with E-state index in [-0.39, 0.29) is 23.3 Å². The van der Waals surface area contributed by atoms with Crippen molar-refractivity contribution in [2.24, 2.45) is 11.1 Å². The summed E-state index contributed by atoms with van der Waals surface area (Å²) in [5, 5.41) is 5.80. The van der Waals surface area contributed by atoms with Crippen LogP contribution in [-0.4, -0.2) is 24.4 Å². The van der Waals surface area contributed by atoms with Crippen LogP contribution in [0.5, 0.6) is 0 Å². The van der Waals surface area contributed by atoms with Gasteiger partial charge in [-0.2, -0.15) is 0 Å². The second-order valence-electron chi connectivity index (χ2n) is 6.55. The highest BCUT2D eigenvalue weighted by Crippen LogP contribution is 2.24. The molecule has 0 aromatic heterocycles. The second kappa shape index (κ2) is 5.85. The molecule has 5 nitrogen and oxygen atoms in total. The molecule has 0 fully saturated rings. The van der Waals surface area contributed by atoms with Crippen molar-refractivity contribution in [1.82, 2.24) is 5.32 Å². The van der Waals surface area contributed by atoms with Crippen LogP contribution in [0, 0.1) is 5.41 Å². The monoisotopic (exact) mass is 289 g/mol. The van der Waals surface area contributed by atoms with Gasteiger partial charge in [0.2, 0.25) is 5.91 Å². The van der Waals surface area contributed by atoms with Crippen molar-refractivity contribution < 1.29 is 9.59 Å². The standard InChI is InChI=1S/C16H23N3O2/c1-16(2,3)13(9-17)19-15(21)11-4-6-12-10(8-11)5-7-14(20)18-12/h4,6,8,13H,5,7,9,17H2,1-3H3,(H,18,20)(H,19,21). The van der Waals surface area contributed by atoms with Crippen molar-refractivity contribution in [2.75, 3.05) is 11.9 Å². The second-order valence-corrected chi connectivity index (χ2v) is 6.55. The smallest absolute Gasteiger partial charge is 0.251 e. The lowest BCUT2D eigenvalue weighted by Crippen LogP contribution is -2.48. The normalized spacial score (nSPS) is 15.9. The molecule has 0 spiro atoms. The summed E-state index contributed by atoms with van der Waals surface area (Å²) in [6, 6.07) is 5.28. The Morgan fingerprint density at radius 3 is 2.71 bits per heavy atom. The first kappa shape index (κ1) is 15.5. The Balaban J connectivity index is 2.15. The molecule has 1 aromatic carbocycles. The van der Waals surface area contributed by atoms with Crippen molar-refractivity contribution in [2.45, 2.75) is 39.7 Å². The largest absolute Gasteiger partial charge is 0.348 e. The first-order valence-corrected chi connectivity index (χ1v) is 7.25. The number of hydrogen-bond acceptors (Lipinski definition) is 3. The van der Waals surface area contributed by atoms with Gasteiger partial charge in [0.15, 0.2) is 0 Å². The highest BCUT2D eigenvalue weighted by molar-refractivity contribution is 5.98. The van der Waals surface area contributed by atoms with E-state index < -0.39 is 0 Å². The van der Waals surface area contributed by atoms with Crippen LogP contribution in [0.2, 0.25) is 0 Å². The van der Waals surface area contributed by atoms with Crippen molar-refractivity contribution >= 4 is 17.5 Å². The maximum atomic E-state index is 12.4. The number of nitrogens with one attached hydrogen (secondary N) is 2. The van der Waals surface area contributed by atoms with Gasteiger partial charge in [0.1, 0.15) is 0 Å². The van der Waals surface area contributed by atoms with Crippen LogP contribution >= 0.6 is 0 Å². The Kier molecular flexibility index (Phi) is 4.32. The van der Waals surface area contributed by atoms with E-state index in [4.69, 9.17) is 5.73 Å². The first-order valence-electron chi connectivity index (χ1n) is 7.25. The lowest BCUT2D eigenvalue weighted by molar-refractivity contribution is -0.116. The van der Waals surface area contributed by atoms with Crippen molar-refractivity contribution in [3.63, 3.8) is 0 Å². The number of aryl methyl sites for hydroxylation is 1. The Morgan fingerprint density at radius 2 is 2.10 bits per heavy atom. The summed E-state index contributed by atoms with van der Waals surface area (Å²) in [5.41, 5.74) is 8.06. The fourth-order valence-electron chi connectivity index (χ4n) is 2.40. The van der Waals surface area contributed by atoms with Gasteiger partial charge in [0.05, 0.1) is 0 Å². The van der Waals surface area contributed by atoms with Crippen LogP contribution in [0.3, 0.4) is 0 Å². The summed E-state index contributed by atoms with van der Waals surface area (Å²) >= 11 is 0. The van der Waals surface area contributed by atoms with Gasteiger partial charge in [-0.3, -0.25) is 9.59 Å². The minimum atomic E-state index is -0.125. The topological polar surface area (TPSA) is 84.2 Å². The highest BCUT2D eigenvalue weighted by atomic mass is 16.2. The van der Waals surface area contributed by atoms with E-state index >= 15 is 0 Å². The van der Waals surface area contributed by atoms with Crippen LogP contribution in [-0.2, 0) is 11.2 Å². The molecule has 21 heavy (non-hydrogen) atoms. The third-order valence-corrected chi connectivity index (χ3v) is 3.85. The fourth-order valence-corrected chi connectivity index (χ4v) is 2.40. The molecule has 1 aliphatic heterocycles. The summed E-state index contributed by atoms with van der Waals surface area (Å²) in [4.78, 5) is 23.7. The minimum absolute atomic E-state index is 0.0237. The molecule has 0 saturated heterocycles. The fraction of sp³-hybridized carbons (Fsp3) is 0.500. The molecule has 5 heteroatoms. The summed E-state index contributed by atoms with van der Waals surface area (Å²) < 4.78 is 0. The molecule has 1 heterocycles. The number of rotatable bonds is 3. The number of anilines is 1. The molecule has 4 N–H and O–H groups in total. The molecule has 1 unspecified atom stereocenters. The quantitative estimate of drug-likeness (QED) is 0.791. The number of hydrogen-bond donors (Lipinski definition) is 3. The third kappa shape index (κ3) is 3.61. The predicted molar refractivity (Wildman–Crippen MR) is 83.2 cm³/mol. The van der Waals surface area contributed by atoms with Crippen LogP contribution < -0.4 is 16.4 Å². The van der Waals surface area contributed by atoms with Crippen LogP contribution in [0.4, 0.5) is 5.69 Å². The van der Waals surface area contributed by atoms with Gasteiger partial charge >= 0.3 is 0 Å². The van der Waals surface area contributed by atoms with Gasteiger partial charge < -0.3 is 16.4 Å². The summed E-state index contributed by atoms with van der Waals surface area (Å²) in [5.74, 6) is -0.101. The van der Waals surface area contributed by atoms with E-state index in [1.807, 2.05) is 26.8 Å². The van der Waals surface area contributed by atoms with E-state index in [1.165, 1.54) is 0 Å². The maximum absolute atomic E-state index is 12.4. The molecule has 1 aromatic rings. The average Bonchev–Trinajstić information content (AvgIpc) is 2.42. The van der Waals surface area contributed by atoms with Crippen molar-refractivity contribution in [1.29, 1.82) is 0 Å². The van der Waals surface area contributed by atoms with E-state index in [9.17, 15) is 9.59 Å². The zero-order valence-corrected chi connectivity index (χ0v) is 12.8. The third-order valence-electron chi connectivity index (χ3n) is 3.85. The molecule has 0 aliphatic carbocycles. The highest BCUT2D eigenvalue weighted by Gasteiger charge is 2.25. The molecule has 114 valence electrons. The molecule has 2 amide bonds. The number of fused-ring (bicyclic) bond motifs is 1. The number of carbonyl (C=O) groups is 2. The number of nitrogens with two attached hydrogens (primary N) is 1. The molecular formula is C16H23N3O2. The van der Waals surface area contributed by atoms with Gasteiger partial charge in [-0.1, -0.05) is 20.8 Å². The lowest BCUT2D eigenvalue weighted by Gasteiger charge is -2.30. The van der Waals surface area contributed by atoms with Crippen LogP contribution in [0.1, 0.15) is 43.1 Å². The molecule has 1 aliphatic rings. The lowest BCUT2D eigenvalue weighted by atomic mass is 9.86. The zero-order chi connectivity index (χ0) is 15.6.